The molecular weight excluding hydrogens is 168 g/mol. The Bertz CT molecular complexity index is 204. The highest BCUT2D eigenvalue weighted by Gasteiger charge is 2.30. The molecule has 1 heterocycles. The van der Waals surface area contributed by atoms with Gasteiger partial charge in [-0.05, 0) is 18.4 Å². The number of nitrogens with zero attached hydrogens (tertiary/aromatic N) is 1. The van der Waals surface area contributed by atoms with E-state index in [1.807, 2.05) is 0 Å². The number of rotatable bonds is 3. The number of aliphatic carboxylic acids is 1. The molecule has 0 radical (unpaired) electrons. The molecule has 76 valence electrons. The van der Waals surface area contributed by atoms with Crippen LogP contribution in [0.2, 0.25) is 0 Å². The number of carboxylic acid groups (broad SMARTS) is 1. The summed E-state index contributed by atoms with van der Waals surface area (Å²) in [6.45, 7) is 6.78. The Hall–Kier alpha value is -0.610. The highest BCUT2D eigenvalue weighted by Crippen LogP contribution is 2.28. The summed E-state index contributed by atoms with van der Waals surface area (Å²) in [5, 5.41) is 8.62. The van der Waals surface area contributed by atoms with Crippen molar-refractivity contribution in [1.29, 1.82) is 0 Å². The number of hydrogen-bond acceptors (Lipinski definition) is 3. The summed E-state index contributed by atoms with van der Waals surface area (Å²) in [7, 11) is 0. The first-order chi connectivity index (χ1) is 5.91. The molecule has 1 rings (SSSR count). The summed E-state index contributed by atoms with van der Waals surface area (Å²) in [6.07, 6.45) is 1.12. The van der Waals surface area contributed by atoms with Gasteiger partial charge >= 0.3 is 5.97 Å². The van der Waals surface area contributed by atoms with Gasteiger partial charge in [0.25, 0.3) is 0 Å². The number of hydrogen-bond donors (Lipinski definition) is 2. The molecule has 13 heavy (non-hydrogen) atoms. The van der Waals surface area contributed by atoms with Crippen molar-refractivity contribution in [3.05, 3.63) is 0 Å². The minimum atomic E-state index is -0.912. The average Bonchev–Trinajstić information content (AvgIpc) is 2.30. The maximum absolute atomic E-state index is 10.5. The van der Waals surface area contributed by atoms with Crippen LogP contribution in [0.25, 0.3) is 0 Å². The Labute approximate surface area is 78.7 Å². The second kappa shape index (κ2) is 3.64. The quantitative estimate of drug-likeness (QED) is 0.657. The Morgan fingerprint density at radius 3 is 2.69 bits per heavy atom. The van der Waals surface area contributed by atoms with Gasteiger partial charge < -0.3 is 15.7 Å². The van der Waals surface area contributed by atoms with Gasteiger partial charge in [-0.15, -0.1) is 0 Å². The van der Waals surface area contributed by atoms with E-state index in [0.29, 0.717) is 12.0 Å². The predicted octanol–water partition coefficient (Wildman–Crippen LogP) is 0.130. The first kappa shape index (κ1) is 10.5. The van der Waals surface area contributed by atoms with Crippen LogP contribution in [0.1, 0.15) is 20.3 Å². The molecule has 0 spiro atoms. The van der Waals surface area contributed by atoms with Gasteiger partial charge in [-0.3, -0.25) is 4.79 Å². The molecule has 0 saturated carbocycles. The van der Waals surface area contributed by atoms with E-state index in [9.17, 15) is 4.79 Å². The molecule has 4 nitrogen and oxygen atoms in total. The minimum absolute atomic E-state index is 0.318. The number of carbonyl (C=O) groups is 1. The third-order valence-corrected chi connectivity index (χ3v) is 2.53. The third kappa shape index (κ3) is 2.97. The van der Waals surface area contributed by atoms with Crippen LogP contribution in [0, 0.1) is 5.41 Å². The molecule has 4 heteroatoms. The fraction of sp³-hybridized carbons (Fsp3) is 0.889. The molecule has 1 atom stereocenters. The normalized spacial score (nSPS) is 24.5. The maximum atomic E-state index is 10.5. The highest BCUT2D eigenvalue weighted by molar-refractivity contribution is 5.73. The van der Waals surface area contributed by atoms with Crippen LogP contribution in [0.4, 0.5) is 0 Å². The minimum Gasteiger partial charge on any atom is -0.480 e. The summed E-state index contributed by atoms with van der Waals surface area (Å²) in [5.74, 6) is -0.912. The average molecular weight is 186 g/mol. The van der Waals surface area contributed by atoms with Gasteiger partial charge in [0.2, 0.25) is 0 Å². The van der Waals surface area contributed by atoms with E-state index in [1.54, 1.807) is 0 Å². The molecule has 0 bridgehead atoms. The van der Waals surface area contributed by atoms with E-state index in [2.05, 4.69) is 18.7 Å². The standard InChI is InChI=1S/C9H18N2O2/c1-9(2)3-4-11(6-9)5-7(10)8(12)13/h7H,3-6,10H2,1-2H3,(H,12,13). The molecule has 1 unspecified atom stereocenters. The lowest BCUT2D eigenvalue weighted by molar-refractivity contribution is -0.138. The smallest absolute Gasteiger partial charge is 0.321 e. The van der Waals surface area contributed by atoms with Gasteiger partial charge in [-0.2, -0.15) is 0 Å². The fourth-order valence-corrected chi connectivity index (χ4v) is 1.74. The Kier molecular flexibility index (Phi) is 2.93. The van der Waals surface area contributed by atoms with E-state index in [1.165, 1.54) is 0 Å². The van der Waals surface area contributed by atoms with Gasteiger partial charge in [0.15, 0.2) is 0 Å². The Balaban J connectivity index is 2.36. The van der Waals surface area contributed by atoms with Crippen molar-refractivity contribution < 1.29 is 9.90 Å². The molecule has 1 aliphatic heterocycles. The molecule has 1 aliphatic rings. The van der Waals surface area contributed by atoms with E-state index < -0.39 is 12.0 Å². The molecule has 0 aromatic heterocycles. The molecule has 1 saturated heterocycles. The van der Waals surface area contributed by atoms with E-state index in [0.717, 1.165) is 19.5 Å². The van der Waals surface area contributed by atoms with E-state index in [4.69, 9.17) is 10.8 Å². The zero-order chi connectivity index (χ0) is 10.1. The molecule has 0 aromatic rings. The van der Waals surface area contributed by atoms with E-state index in [-0.39, 0.29) is 0 Å². The molecule has 1 fully saturated rings. The summed E-state index contributed by atoms with van der Waals surface area (Å²) in [4.78, 5) is 12.6. The lowest BCUT2D eigenvalue weighted by Crippen LogP contribution is -2.42. The summed E-state index contributed by atoms with van der Waals surface area (Å²) >= 11 is 0. The van der Waals surface area contributed by atoms with Crippen LogP contribution < -0.4 is 5.73 Å². The lowest BCUT2D eigenvalue weighted by atomic mass is 9.93. The van der Waals surface area contributed by atoms with Crippen molar-refractivity contribution in [2.45, 2.75) is 26.3 Å². The monoisotopic (exact) mass is 186 g/mol. The fourth-order valence-electron chi connectivity index (χ4n) is 1.74. The first-order valence-corrected chi connectivity index (χ1v) is 4.61. The van der Waals surface area contributed by atoms with Crippen LogP contribution in [0.15, 0.2) is 0 Å². The van der Waals surface area contributed by atoms with Crippen molar-refractivity contribution >= 4 is 5.97 Å². The zero-order valence-electron chi connectivity index (χ0n) is 8.29. The highest BCUT2D eigenvalue weighted by atomic mass is 16.4. The molecule has 3 N–H and O–H groups in total. The number of nitrogens with two attached hydrogens (primary N) is 1. The van der Waals surface area contributed by atoms with Crippen molar-refractivity contribution in [2.24, 2.45) is 11.1 Å². The molecule has 0 aliphatic carbocycles. The second-order valence-electron chi connectivity index (χ2n) is 4.59. The Morgan fingerprint density at radius 2 is 2.31 bits per heavy atom. The van der Waals surface area contributed by atoms with E-state index >= 15 is 0 Å². The first-order valence-electron chi connectivity index (χ1n) is 4.61. The van der Waals surface area contributed by atoms with Crippen molar-refractivity contribution in [1.82, 2.24) is 4.90 Å². The Morgan fingerprint density at radius 1 is 1.69 bits per heavy atom. The molecular formula is C9H18N2O2. The van der Waals surface area contributed by atoms with Crippen LogP contribution in [0.3, 0.4) is 0 Å². The zero-order valence-corrected chi connectivity index (χ0v) is 8.29. The predicted molar refractivity (Wildman–Crippen MR) is 50.4 cm³/mol. The van der Waals surface area contributed by atoms with Crippen LogP contribution in [-0.4, -0.2) is 41.7 Å². The lowest BCUT2D eigenvalue weighted by Gasteiger charge is -2.20. The molecule has 0 amide bonds. The van der Waals surface area contributed by atoms with Gasteiger partial charge in [0, 0.05) is 13.1 Å². The maximum Gasteiger partial charge on any atom is 0.321 e. The number of likely N-dealkylation sites (tertiary alicyclic amines) is 1. The van der Waals surface area contributed by atoms with Crippen LogP contribution in [-0.2, 0) is 4.79 Å². The van der Waals surface area contributed by atoms with Gasteiger partial charge in [-0.1, -0.05) is 13.8 Å². The van der Waals surface area contributed by atoms with Crippen LogP contribution in [0.5, 0.6) is 0 Å². The van der Waals surface area contributed by atoms with Crippen molar-refractivity contribution in [3.8, 4) is 0 Å². The van der Waals surface area contributed by atoms with Crippen LogP contribution >= 0.6 is 0 Å². The van der Waals surface area contributed by atoms with Crippen molar-refractivity contribution in [2.75, 3.05) is 19.6 Å². The van der Waals surface area contributed by atoms with Gasteiger partial charge in [-0.25, -0.2) is 0 Å². The van der Waals surface area contributed by atoms with Gasteiger partial charge in [0.1, 0.15) is 6.04 Å². The summed E-state index contributed by atoms with van der Waals surface area (Å²) in [5.41, 5.74) is 5.76. The summed E-state index contributed by atoms with van der Waals surface area (Å²) < 4.78 is 0. The van der Waals surface area contributed by atoms with Crippen molar-refractivity contribution in [3.63, 3.8) is 0 Å². The second-order valence-corrected chi connectivity index (χ2v) is 4.59. The SMILES string of the molecule is CC1(C)CCN(CC(N)C(=O)O)C1. The number of carboxylic acids is 1. The summed E-state index contributed by atoms with van der Waals surface area (Å²) in [6, 6.07) is -0.742. The third-order valence-electron chi connectivity index (χ3n) is 2.53. The largest absolute Gasteiger partial charge is 0.480 e. The van der Waals surface area contributed by atoms with Gasteiger partial charge in [0.05, 0.1) is 0 Å². The topological polar surface area (TPSA) is 66.6 Å². The molecule has 0 aromatic carbocycles.